The van der Waals surface area contributed by atoms with Crippen LogP contribution in [0.1, 0.15) is 37.7 Å². The van der Waals surface area contributed by atoms with Crippen LogP contribution in [0.25, 0.3) is 0 Å². The van der Waals surface area contributed by atoms with Crippen LogP contribution in [0.2, 0.25) is 0 Å². The van der Waals surface area contributed by atoms with E-state index < -0.39 is 0 Å². The van der Waals surface area contributed by atoms with E-state index in [0.717, 1.165) is 50.3 Å². The van der Waals surface area contributed by atoms with Gasteiger partial charge >= 0.3 is 0 Å². The molecule has 1 aromatic heterocycles. The summed E-state index contributed by atoms with van der Waals surface area (Å²) in [6.07, 6.45) is 6.58. The van der Waals surface area contributed by atoms with E-state index >= 15 is 0 Å². The van der Waals surface area contributed by atoms with E-state index in [-0.39, 0.29) is 11.8 Å². The van der Waals surface area contributed by atoms with Crippen LogP contribution in [0.15, 0.2) is 42.7 Å². The number of carbonyl (C=O) groups excluding carboxylic acids is 1. The Morgan fingerprint density at radius 3 is 2.79 bits per heavy atom. The molecule has 1 amide bonds. The quantitative estimate of drug-likeness (QED) is 0.884. The van der Waals surface area contributed by atoms with Crippen molar-refractivity contribution in [3.8, 4) is 0 Å². The third-order valence-corrected chi connectivity index (χ3v) is 4.61. The molecule has 0 bridgehead atoms. The molecule has 128 valence electrons. The molecule has 5 nitrogen and oxygen atoms in total. The number of hydrogen-bond donors (Lipinski definition) is 1. The number of anilines is 1. The molecular formula is C19H25N3O2. The number of rotatable bonds is 6. The summed E-state index contributed by atoms with van der Waals surface area (Å²) in [5.74, 6) is 0.495. The van der Waals surface area contributed by atoms with E-state index in [0.29, 0.717) is 5.92 Å². The Bertz CT molecular complexity index is 648. The van der Waals surface area contributed by atoms with E-state index in [9.17, 15) is 4.79 Å². The summed E-state index contributed by atoms with van der Waals surface area (Å²) < 4.78 is 7.31. The molecule has 0 aliphatic carbocycles. The summed E-state index contributed by atoms with van der Waals surface area (Å²) in [5.41, 5.74) is 1.81. The van der Waals surface area contributed by atoms with Gasteiger partial charge in [-0.25, -0.2) is 0 Å². The Morgan fingerprint density at radius 1 is 1.33 bits per heavy atom. The molecule has 1 saturated heterocycles. The average Bonchev–Trinajstić information content (AvgIpc) is 3.04. The van der Waals surface area contributed by atoms with Crippen molar-refractivity contribution in [2.45, 2.75) is 38.6 Å². The van der Waals surface area contributed by atoms with Crippen molar-refractivity contribution >= 4 is 11.6 Å². The number of ether oxygens (including phenoxy) is 1. The first-order valence-electron chi connectivity index (χ1n) is 8.72. The molecule has 24 heavy (non-hydrogen) atoms. The second kappa shape index (κ2) is 8.11. The lowest BCUT2D eigenvalue weighted by Crippen LogP contribution is -2.21. The number of nitrogens with zero attached hydrogens (tertiary/aromatic N) is 2. The lowest BCUT2D eigenvalue weighted by molar-refractivity contribution is -0.117. The average molecular weight is 327 g/mol. The fourth-order valence-corrected chi connectivity index (χ4v) is 3.21. The minimum absolute atomic E-state index is 0.0225. The molecule has 1 N–H and O–H groups in total. The molecule has 1 aromatic carbocycles. The fraction of sp³-hybridized carbons (Fsp3) is 0.474. The van der Waals surface area contributed by atoms with Gasteiger partial charge in [0.05, 0.1) is 17.8 Å². The number of hydrogen-bond acceptors (Lipinski definition) is 3. The summed E-state index contributed by atoms with van der Waals surface area (Å²) in [4.78, 5) is 12.6. The lowest BCUT2D eigenvalue weighted by Gasteiger charge is -2.21. The van der Waals surface area contributed by atoms with Gasteiger partial charge in [0, 0.05) is 26.0 Å². The molecule has 0 saturated carbocycles. The van der Waals surface area contributed by atoms with Crippen molar-refractivity contribution in [1.29, 1.82) is 0 Å². The van der Waals surface area contributed by atoms with E-state index in [4.69, 9.17) is 4.74 Å². The zero-order valence-electron chi connectivity index (χ0n) is 14.1. The van der Waals surface area contributed by atoms with Gasteiger partial charge in [0.1, 0.15) is 0 Å². The Balaban J connectivity index is 1.60. The van der Waals surface area contributed by atoms with E-state index in [2.05, 4.69) is 10.4 Å². The number of benzene rings is 1. The van der Waals surface area contributed by atoms with E-state index in [1.807, 2.05) is 48.1 Å². The van der Waals surface area contributed by atoms with Gasteiger partial charge < -0.3 is 10.1 Å². The zero-order valence-corrected chi connectivity index (χ0v) is 14.1. The van der Waals surface area contributed by atoms with Crippen molar-refractivity contribution in [1.82, 2.24) is 9.78 Å². The van der Waals surface area contributed by atoms with Crippen molar-refractivity contribution in [2.75, 3.05) is 18.5 Å². The maximum atomic E-state index is 12.6. The summed E-state index contributed by atoms with van der Waals surface area (Å²) in [7, 11) is 0. The summed E-state index contributed by atoms with van der Waals surface area (Å²) in [6.45, 7) is 4.59. The third-order valence-electron chi connectivity index (χ3n) is 4.61. The van der Waals surface area contributed by atoms with Gasteiger partial charge in [-0.15, -0.1) is 0 Å². The van der Waals surface area contributed by atoms with Crippen LogP contribution in [0.4, 0.5) is 5.69 Å². The normalized spacial score (nSPS) is 16.7. The molecule has 1 aliphatic rings. The molecule has 0 radical (unpaired) electrons. The third kappa shape index (κ3) is 4.23. The van der Waals surface area contributed by atoms with Gasteiger partial charge in [0.25, 0.3) is 0 Å². The first-order valence-corrected chi connectivity index (χ1v) is 8.72. The molecule has 0 spiro atoms. The van der Waals surface area contributed by atoms with Crippen molar-refractivity contribution in [3.63, 3.8) is 0 Å². The number of carbonyl (C=O) groups is 1. The predicted octanol–water partition coefficient (Wildman–Crippen LogP) is 3.44. The summed E-state index contributed by atoms with van der Waals surface area (Å²) in [5, 5.41) is 7.38. The van der Waals surface area contributed by atoms with Gasteiger partial charge in [-0.1, -0.05) is 37.3 Å². The predicted molar refractivity (Wildman–Crippen MR) is 93.9 cm³/mol. The highest BCUT2D eigenvalue weighted by atomic mass is 16.5. The van der Waals surface area contributed by atoms with Crippen LogP contribution in [0.3, 0.4) is 0 Å². The molecule has 1 fully saturated rings. The van der Waals surface area contributed by atoms with Crippen LogP contribution >= 0.6 is 0 Å². The Labute approximate surface area is 143 Å². The topological polar surface area (TPSA) is 56.2 Å². The number of amides is 1. The Hall–Kier alpha value is -2.14. The second-order valence-corrected chi connectivity index (χ2v) is 6.37. The highest BCUT2D eigenvalue weighted by Crippen LogP contribution is 2.22. The SMILES string of the molecule is CCC(C(=O)Nc1cnn(CC2CCOCC2)c1)c1ccccc1. The maximum Gasteiger partial charge on any atom is 0.231 e. The lowest BCUT2D eigenvalue weighted by atomic mass is 9.96. The van der Waals surface area contributed by atoms with E-state index in [1.54, 1.807) is 6.20 Å². The molecule has 5 heteroatoms. The molecule has 2 aromatic rings. The van der Waals surface area contributed by atoms with Crippen LogP contribution in [0, 0.1) is 5.92 Å². The number of aromatic nitrogens is 2. The highest BCUT2D eigenvalue weighted by Gasteiger charge is 2.19. The molecule has 1 unspecified atom stereocenters. The van der Waals surface area contributed by atoms with E-state index in [1.165, 1.54) is 0 Å². The van der Waals surface area contributed by atoms with Crippen LogP contribution < -0.4 is 5.32 Å². The minimum atomic E-state index is -0.134. The van der Waals surface area contributed by atoms with Gasteiger partial charge in [-0.3, -0.25) is 9.48 Å². The molecule has 1 aliphatic heterocycles. The standard InChI is InChI=1S/C19H25N3O2/c1-2-18(16-6-4-3-5-7-16)19(23)21-17-12-20-22(14-17)13-15-8-10-24-11-9-15/h3-7,12,14-15,18H,2,8-11,13H2,1H3,(H,21,23). The van der Waals surface area contributed by atoms with Crippen molar-refractivity contribution < 1.29 is 9.53 Å². The van der Waals surface area contributed by atoms with Crippen LogP contribution in [-0.4, -0.2) is 28.9 Å². The molecule has 2 heterocycles. The first-order chi connectivity index (χ1) is 11.8. The van der Waals surface area contributed by atoms with Gasteiger partial charge in [-0.2, -0.15) is 5.10 Å². The van der Waals surface area contributed by atoms with Crippen LogP contribution in [0.5, 0.6) is 0 Å². The molecule has 1 atom stereocenters. The minimum Gasteiger partial charge on any atom is -0.381 e. The molecular weight excluding hydrogens is 302 g/mol. The largest absolute Gasteiger partial charge is 0.381 e. The van der Waals surface area contributed by atoms with Gasteiger partial charge in [0.2, 0.25) is 5.91 Å². The zero-order chi connectivity index (χ0) is 16.8. The molecule has 3 rings (SSSR count). The Morgan fingerprint density at radius 2 is 2.08 bits per heavy atom. The summed E-state index contributed by atoms with van der Waals surface area (Å²) in [6, 6.07) is 9.91. The van der Waals surface area contributed by atoms with Crippen LogP contribution in [-0.2, 0) is 16.1 Å². The van der Waals surface area contributed by atoms with Gasteiger partial charge in [0.15, 0.2) is 0 Å². The highest BCUT2D eigenvalue weighted by molar-refractivity contribution is 5.95. The smallest absolute Gasteiger partial charge is 0.231 e. The fourth-order valence-electron chi connectivity index (χ4n) is 3.21. The monoisotopic (exact) mass is 327 g/mol. The van der Waals surface area contributed by atoms with Gasteiger partial charge in [-0.05, 0) is 30.7 Å². The van der Waals surface area contributed by atoms with Crippen molar-refractivity contribution in [3.05, 3.63) is 48.3 Å². The Kier molecular flexibility index (Phi) is 5.64. The first kappa shape index (κ1) is 16.7. The number of nitrogens with one attached hydrogen (secondary N) is 1. The maximum absolute atomic E-state index is 12.6. The second-order valence-electron chi connectivity index (χ2n) is 6.37. The van der Waals surface area contributed by atoms with Crippen molar-refractivity contribution in [2.24, 2.45) is 5.92 Å². The summed E-state index contributed by atoms with van der Waals surface area (Å²) >= 11 is 0.